The van der Waals surface area contributed by atoms with E-state index in [0.717, 1.165) is 0 Å². The van der Waals surface area contributed by atoms with Gasteiger partial charge in [0.2, 0.25) is 0 Å². The Labute approximate surface area is 126 Å². The molecule has 21 heavy (non-hydrogen) atoms. The lowest BCUT2D eigenvalue weighted by Crippen LogP contribution is -2.27. The van der Waals surface area contributed by atoms with E-state index in [4.69, 9.17) is 5.73 Å². The van der Waals surface area contributed by atoms with Crippen LogP contribution < -0.4 is 15.8 Å². The number of nitrogens with two attached hydrogens (primary N) is 1. The van der Waals surface area contributed by atoms with Gasteiger partial charge in [0, 0.05) is 10.4 Å². The lowest BCUT2D eigenvalue weighted by atomic mass is 10.2. The number of aliphatic imine (C=N–C) groups is 1. The minimum Gasteiger partial charge on any atom is -0.406 e. The largest absolute Gasteiger partial charge is 0.573 e. The zero-order valence-corrected chi connectivity index (χ0v) is 12.8. The number of guanidine groups is 1. The molecule has 0 heterocycles. The first kappa shape index (κ1) is 17.5. The Balaban J connectivity index is 2.61. The normalized spacial score (nSPS) is 13.1. The summed E-state index contributed by atoms with van der Waals surface area (Å²) in [6.45, 7) is 4.61. The van der Waals surface area contributed by atoms with Crippen molar-refractivity contribution >= 4 is 23.4 Å². The van der Waals surface area contributed by atoms with E-state index in [1.54, 1.807) is 11.8 Å². The maximum Gasteiger partial charge on any atom is 0.573 e. The summed E-state index contributed by atoms with van der Waals surface area (Å²) in [5, 5.41) is 2.81. The van der Waals surface area contributed by atoms with E-state index in [0.29, 0.717) is 12.2 Å². The summed E-state index contributed by atoms with van der Waals surface area (Å²) >= 11 is 1.67. The van der Waals surface area contributed by atoms with Crippen LogP contribution in [0.5, 0.6) is 5.75 Å². The predicted octanol–water partition coefficient (Wildman–Crippen LogP) is 3.45. The van der Waals surface area contributed by atoms with Crippen molar-refractivity contribution in [2.24, 2.45) is 10.7 Å². The summed E-state index contributed by atoms with van der Waals surface area (Å²) in [5.74, 6) is -0.0753. The van der Waals surface area contributed by atoms with Crippen molar-refractivity contribution in [1.29, 1.82) is 0 Å². The Morgan fingerprint density at radius 1 is 1.29 bits per heavy atom. The summed E-state index contributed by atoms with van der Waals surface area (Å²) in [5.41, 5.74) is 6.26. The van der Waals surface area contributed by atoms with Crippen LogP contribution >= 0.6 is 11.8 Å². The second kappa shape index (κ2) is 6.93. The first-order valence-electron chi connectivity index (χ1n) is 6.09. The highest BCUT2D eigenvalue weighted by Gasteiger charge is 2.30. The van der Waals surface area contributed by atoms with E-state index in [9.17, 15) is 13.2 Å². The van der Waals surface area contributed by atoms with E-state index in [1.165, 1.54) is 24.3 Å². The van der Waals surface area contributed by atoms with E-state index in [2.05, 4.69) is 15.0 Å². The number of benzene rings is 1. The zero-order valence-electron chi connectivity index (χ0n) is 12.0. The van der Waals surface area contributed by atoms with Gasteiger partial charge in [-0.1, -0.05) is 0 Å². The molecule has 8 heteroatoms. The maximum atomic E-state index is 12.0. The smallest absolute Gasteiger partial charge is 0.406 e. The lowest BCUT2D eigenvalue weighted by Gasteiger charge is -2.19. The van der Waals surface area contributed by atoms with Gasteiger partial charge in [0.15, 0.2) is 5.96 Å². The van der Waals surface area contributed by atoms with E-state index < -0.39 is 6.36 Å². The van der Waals surface area contributed by atoms with Gasteiger partial charge in [-0.15, -0.1) is 13.2 Å². The lowest BCUT2D eigenvalue weighted by molar-refractivity contribution is -0.274. The van der Waals surface area contributed by atoms with Crippen molar-refractivity contribution < 1.29 is 17.9 Å². The second-order valence-electron chi connectivity index (χ2n) is 4.86. The number of rotatable bonds is 5. The SMILES string of the molecule is CSC(C)(C)CN=C(N)Nc1ccc(OC(F)(F)F)cc1. The third kappa shape index (κ3) is 7.12. The third-order valence-corrected chi connectivity index (χ3v) is 3.78. The van der Waals surface area contributed by atoms with Gasteiger partial charge in [-0.05, 0) is 44.4 Å². The molecule has 0 fully saturated rings. The molecule has 0 bridgehead atoms. The Kier molecular flexibility index (Phi) is 5.77. The molecule has 1 aromatic carbocycles. The average molecular weight is 321 g/mol. The Hall–Kier alpha value is -1.57. The van der Waals surface area contributed by atoms with Crippen LogP contribution in [-0.2, 0) is 0 Å². The van der Waals surface area contributed by atoms with Crippen LogP contribution in [0.25, 0.3) is 0 Å². The number of anilines is 1. The standard InChI is InChI=1S/C13H18F3N3OS/c1-12(2,21-3)8-18-11(17)19-9-4-6-10(7-5-9)20-13(14,15)16/h4-7H,8H2,1-3H3,(H3,17,18,19). The highest BCUT2D eigenvalue weighted by atomic mass is 32.2. The summed E-state index contributed by atoms with van der Waals surface area (Å²) in [7, 11) is 0. The molecule has 0 aliphatic rings. The number of thioether (sulfide) groups is 1. The van der Waals surface area contributed by atoms with Crippen LogP contribution in [0.1, 0.15) is 13.8 Å². The predicted molar refractivity (Wildman–Crippen MR) is 80.8 cm³/mol. The Morgan fingerprint density at radius 2 is 1.86 bits per heavy atom. The minimum absolute atomic E-state index is 0.0310. The van der Waals surface area contributed by atoms with Crippen LogP contribution in [0.4, 0.5) is 18.9 Å². The molecule has 0 spiro atoms. The van der Waals surface area contributed by atoms with Crippen molar-refractivity contribution in [3.05, 3.63) is 24.3 Å². The third-order valence-electron chi connectivity index (χ3n) is 2.54. The van der Waals surface area contributed by atoms with Gasteiger partial charge in [0.1, 0.15) is 5.75 Å². The second-order valence-corrected chi connectivity index (χ2v) is 6.38. The molecule has 0 radical (unpaired) electrons. The van der Waals surface area contributed by atoms with Crippen LogP contribution in [0, 0.1) is 0 Å². The molecule has 0 aliphatic heterocycles. The van der Waals surface area contributed by atoms with Crippen molar-refractivity contribution in [3.8, 4) is 5.75 Å². The maximum absolute atomic E-state index is 12.0. The van der Waals surface area contributed by atoms with Gasteiger partial charge in [-0.3, -0.25) is 4.99 Å². The molecule has 0 aromatic heterocycles. The molecule has 1 aromatic rings. The molecule has 0 saturated carbocycles. The van der Waals surface area contributed by atoms with Crippen LogP contribution in [0.3, 0.4) is 0 Å². The Bertz CT molecular complexity index is 486. The van der Waals surface area contributed by atoms with Gasteiger partial charge in [-0.2, -0.15) is 11.8 Å². The van der Waals surface area contributed by atoms with Crippen LogP contribution in [0.15, 0.2) is 29.3 Å². The number of hydrogen-bond acceptors (Lipinski definition) is 3. The molecule has 0 atom stereocenters. The summed E-state index contributed by atoms with van der Waals surface area (Å²) in [6, 6.07) is 5.27. The quantitative estimate of drug-likeness (QED) is 0.644. The van der Waals surface area contributed by atoms with Crippen LogP contribution in [-0.4, -0.2) is 29.9 Å². The van der Waals surface area contributed by atoms with Gasteiger partial charge in [-0.25, -0.2) is 0 Å². The van der Waals surface area contributed by atoms with E-state index in [-0.39, 0.29) is 16.5 Å². The van der Waals surface area contributed by atoms with Crippen molar-refractivity contribution in [2.45, 2.75) is 25.0 Å². The first-order chi connectivity index (χ1) is 9.61. The number of hydrogen-bond donors (Lipinski definition) is 2. The van der Waals surface area contributed by atoms with Crippen LogP contribution in [0.2, 0.25) is 0 Å². The molecular formula is C13H18F3N3OS. The first-order valence-corrected chi connectivity index (χ1v) is 7.32. The fraction of sp³-hybridized carbons (Fsp3) is 0.462. The number of nitrogens with zero attached hydrogens (tertiary/aromatic N) is 1. The van der Waals surface area contributed by atoms with Crippen molar-refractivity contribution in [3.63, 3.8) is 0 Å². The molecule has 0 unspecified atom stereocenters. The van der Waals surface area contributed by atoms with Gasteiger partial charge < -0.3 is 15.8 Å². The molecule has 0 aliphatic carbocycles. The van der Waals surface area contributed by atoms with Crippen molar-refractivity contribution in [1.82, 2.24) is 0 Å². The fourth-order valence-corrected chi connectivity index (χ4v) is 1.46. The van der Waals surface area contributed by atoms with Gasteiger partial charge in [0.25, 0.3) is 0 Å². The van der Waals surface area contributed by atoms with E-state index in [1.807, 2.05) is 20.1 Å². The number of halogens is 3. The summed E-state index contributed by atoms with van der Waals surface area (Å²) in [6.07, 6.45) is -2.71. The number of alkyl halides is 3. The molecule has 3 N–H and O–H groups in total. The zero-order chi connectivity index (χ0) is 16.1. The highest BCUT2D eigenvalue weighted by Crippen LogP contribution is 2.24. The van der Waals surface area contributed by atoms with Gasteiger partial charge >= 0.3 is 6.36 Å². The van der Waals surface area contributed by atoms with Gasteiger partial charge in [0.05, 0.1) is 6.54 Å². The molecule has 118 valence electrons. The summed E-state index contributed by atoms with van der Waals surface area (Å²) < 4.78 is 39.8. The topological polar surface area (TPSA) is 59.6 Å². The fourth-order valence-electron chi connectivity index (χ4n) is 1.27. The monoisotopic (exact) mass is 321 g/mol. The molecular weight excluding hydrogens is 303 g/mol. The Morgan fingerprint density at radius 3 is 2.33 bits per heavy atom. The minimum atomic E-state index is -4.70. The average Bonchev–Trinajstić information content (AvgIpc) is 2.37. The summed E-state index contributed by atoms with van der Waals surface area (Å²) in [4.78, 5) is 4.20. The molecule has 4 nitrogen and oxygen atoms in total. The molecule has 0 saturated heterocycles. The number of ether oxygens (including phenoxy) is 1. The van der Waals surface area contributed by atoms with E-state index >= 15 is 0 Å². The number of nitrogens with one attached hydrogen (secondary N) is 1. The molecule has 1 rings (SSSR count). The highest BCUT2D eigenvalue weighted by molar-refractivity contribution is 7.99. The van der Waals surface area contributed by atoms with Crippen molar-refractivity contribution in [2.75, 3.05) is 18.1 Å². The molecule has 0 amide bonds.